The summed E-state index contributed by atoms with van der Waals surface area (Å²) in [4.78, 5) is 12.7. The molecule has 1 heterocycles. The van der Waals surface area contributed by atoms with Crippen molar-refractivity contribution in [2.75, 3.05) is 0 Å². The van der Waals surface area contributed by atoms with E-state index >= 15 is 0 Å². The largest absolute Gasteiger partial charge is 0.451 e. The maximum absolute atomic E-state index is 12.7. The highest BCUT2D eigenvalue weighted by Crippen LogP contribution is 2.30. The molecule has 0 fully saturated rings. The molecule has 0 spiro atoms. The molecule has 2 aromatic carbocycles. The summed E-state index contributed by atoms with van der Waals surface area (Å²) in [5.41, 5.74) is 1.87. The second-order valence-electron chi connectivity index (χ2n) is 5.90. The Balaban J connectivity index is 1.88. The number of rotatable bonds is 6. The van der Waals surface area contributed by atoms with E-state index in [1.807, 2.05) is 32.0 Å². The lowest BCUT2D eigenvalue weighted by Crippen LogP contribution is -2.28. The van der Waals surface area contributed by atoms with Crippen LogP contribution in [-0.4, -0.2) is 12.5 Å². The highest BCUT2D eigenvalue weighted by molar-refractivity contribution is 5.99. The highest BCUT2D eigenvalue weighted by atomic mass is 19.3. The molecule has 26 heavy (non-hydrogen) atoms. The summed E-state index contributed by atoms with van der Waals surface area (Å²) in [7, 11) is 0. The van der Waals surface area contributed by atoms with Crippen molar-refractivity contribution < 1.29 is 22.7 Å². The smallest absolute Gasteiger partial charge is 0.387 e. The predicted molar refractivity (Wildman–Crippen MR) is 94.5 cm³/mol. The van der Waals surface area contributed by atoms with Gasteiger partial charge in [-0.25, -0.2) is 0 Å². The normalized spacial score (nSPS) is 12.3. The number of hydrogen-bond donors (Lipinski definition) is 1. The second kappa shape index (κ2) is 7.56. The molecule has 0 saturated carbocycles. The first-order chi connectivity index (χ1) is 12.5. The first-order valence-corrected chi connectivity index (χ1v) is 8.34. The molecule has 0 saturated heterocycles. The Kier molecular flexibility index (Phi) is 5.21. The quantitative estimate of drug-likeness (QED) is 0.656. The van der Waals surface area contributed by atoms with Crippen LogP contribution in [0.3, 0.4) is 0 Å². The highest BCUT2D eigenvalue weighted by Gasteiger charge is 2.23. The third kappa shape index (κ3) is 3.54. The molecule has 3 aromatic rings. The average molecular weight is 359 g/mol. The maximum atomic E-state index is 12.7. The van der Waals surface area contributed by atoms with Crippen molar-refractivity contribution in [2.45, 2.75) is 32.9 Å². The van der Waals surface area contributed by atoms with Gasteiger partial charge in [-0.3, -0.25) is 4.79 Å². The van der Waals surface area contributed by atoms with Crippen LogP contribution in [-0.2, 0) is 0 Å². The van der Waals surface area contributed by atoms with Gasteiger partial charge in [0.15, 0.2) is 5.76 Å². The number of carbonyl (C=O) groups is 1. The molecule has 0 bridgehead atoms. The molecule has 6 heteroatoms. The van der Waals surface area contributed by atoms with Crippen LogP contribution in [0.25, 0.3) is 11.0 Å². The van der Waals surface area contributed by atoms with Gasteiger partial charge in [-0.05, 0) is 25.5 Å². The van der Waals surface area contributed by atoms with Gasteiger partial charge in [-0.2, -0.15) is 8.78 Å². The van der Waals surface area contributed by atoms with E-state index in [2.05, 4.69) is 10.1 Å². The first kappa shape index (κ1) is 17.9. The average Bonchev–Trinajstić information content (AvgIpc) is 2.97. The molecule has 1 N–H and O–H groups in total. The van der Waals surface area contributed by atoms with Gasteiger partial charge in [0, 0.05) is 16.5 Å². The molecule has 0 aliphatic rings. The molecule has 1 aromatic heterocycles. The van der Waals surface area contributed by atoms with Crippen LogP contribution in [0.1, 0.15) is 41.1 Å². The van der Waals surface area contributed by atoms with Crippen LogP contribution in [0.2, 0.25) is 0 Å². The maximum Gasteiger partial charge on any atom is 0.387 e. The fourth-order valence-electron chi connectivity index (χ4n) is 2.99. The summed E-state index contributed by atoms with van der Waals surface area (Å²) < 4.78 is 35.5. The number of halogens is 2. The molecule has 136 valence electrons. The number of benzene rings is 2. The third-order valence-electron chi connectivity index (χ3n) is 4.27. The minimum Gasteiger partial charge on any atom is -0.451 e. The van der Waals surface area contributed by atoms with E-state index < -0.39 is 18.6 Å². The molecule has 0 radical (unpaired) electrons. The lowest BCUT2D eigenvalue weighted by atomic mass is 10.0. The molecule has 1 atom stereocenters. The van der Waals surface area contributed by atoms with Crippen LogP contribution in [0, 0.1) is 6.92 Å². The number of alkyl halides is 2. The van der Waals surface area contributed by atoms with Crippen LogP contribution >= 0.6 is 0 Å². The summed E-state index contributed by atoms with van der Waals surface area (Å²) in [5.74, 6) is -0.120. The molecule has 1 unspecified atom stereocenters. The molecule has 3 rings (SSSR count). The standard InChI is InChI=1S/C20H19F2NO3/c1-3-15(14-9-5-7-11-17(14)26-20(21)22)23-19(24)18-12(2)13-8-4-6-10-16(13)25-18/h4-11,15,20H,3H2,1-2H3,(H,23,24). The molecule has 4 nitrogen and oxygen atoms in total. The van der Waals surface area contributed by atoms with E-state index in [4.69, 9.17) is 4.42 Å². The number of carbonyl (C=O) groups excluding carboxylic acids is 1. The van der Waals surface area contributed by atoms with Crippen LogP contribution in [0.5, 0.6) is 5.75 Å². The van der Waals surface area contributed by atoms with E-state index in [0.717, 1.165) is 10.9 Å². The number of amides is 1. The Hall–Kier alpha value is -2.89. The van der Waals surface area contributed by atoms with Gasteiger partial charge < -0.3 is 14.5 Å². The van der Waals surface area contributed by atoms with E-state index in [9.17, 15) is 13.6 Å². The van der Waals surface area contributed by atoms with Gasteiger partial charge in [-0.15, -0.1) is 0 Å². The van der Waals surface area contributed by atoms with E-state index in [1.54, 1.807) is 24.3 Å². The fourth-order valence-corrected chi connectivity index (χ4v) is 2.99. The topological polar surface area (TPSA) is 51.5 Å². The zero-order chi connectivity index (χ0) is 18.7. The number of aryl methyl sites for hydroxylation is 1. The Bertz CT molecular complexity index is 920. The van der Waals surface area contributed by atoms with Crippen LogP contribution in [0.15, 0.2) is 52.9 Å². The summed E-state index contributed by atoms with van der Waals surface area (Å²) in [5, 5.41) is 3.72. The van der Waals surface area contributed by atoms with Crippen molar-refractivity contribution in [1.82, 2.24) is 5.32 Å². The van der Waals surface area contributed by atoms with Gasteiger partial charge >= 0.3 is 6.61 Å². The lowest BCUT2D eigenvalue weighted by molar-refractivity contribution is -0.0506. The van der Waals surface area contributed by atoms with Gasteiger partial charge in [0.25, 0.3) is 5.91 Å². The Morgan fingerprint density at radius 2 is 1.85 bits per heavy atom. The van der Waals surface area contributed by atoms with Gasteiger partial charge in [0.1, 0.15) is 11.3 Å². The molecule has 0 aliphatic heterocycles. The number of para-hydroxylation sites is 2. The summed E-state index contributed by atoms with van der Waals surface area (Å²) >= 11 is 0. The van der Waals surface area contributed by atoms with Crippen molar-refractivity contribution in [3.05, 3.63) is 65.4 Å². The van der Waals surface area contributed by atoms with Gasteiger partial charge in [0.2, 0.25) is 0 Å². The molecular weight excluding hydrogens is 340 g/mol. The minimum atomic E-state index is -2.93. The summed E-state index contributed by atoms with van der Waals surface area (Å²) in [6.45, 7) is 0.743. The Morgan fingerprint density at radius 1 is 1.15 bits per heavy atom. The van der Waals surface area contributed by atoms with Crippen molar-refractivity contribution >= 4 is 16.9 Å². The van der Waals surface area contributed by atoms with E-state index in [0.29, 0.717) is 17.6 Å². The monoisotopic (exact) mass is 359 g/mol. The number of fused-ring (bicyclic) bond motifs is 1. The van der Waals surface area contributed by atoms with Crippen molar-refractivity contribution in [2.24, 2.45) is 0 Å². The summed E-state index contributed by atoms with van der Waals surface area (Å²) in [6.07, 6.45) is 0.509. The minimum absolute atomic E-state index is 0.0518. The van der Waals surface area contributed by atoms with E-state index in [1.165, 1.54) is 6.07 Å². The van der Waals surface area contributed by atoms with Crippen molar-refractivity contribution in [3.63, 3.8) is 0 Å². The Labute approximate surface area is 149 Å². The number of hydrogen-bond acceptors (Lipinski definition) is 3. The molecular formula is C20H19F2NO3. The van der Waals surface area contributed by atoms with Crippen molar-refractivity contribution in [3.8, 4) is 5.75 Å². The second-order valence-corrected chi connectivity index (χ2v) is 5.90. The Morgan fingerprint density at radius 3 is 2.54 bits per heavy atom. The SMILES string of the molecule is CCC(NC(=O)c1oc2ccccc2c1C)c1ccccc1OC(F)F. The summed E-state index contributed by atoms with van der Waals surface area (Å²) in [6, 6.07) is 13.4. The fraction of sp³-hybridized carbons (Fsp3) is 0.250. The number of nitrogens with one attached hydrogen (secondary N) is 1. The van der Waals surface area contributed by atoms with Gasteiger partial charge in [-0.1, -0.05) is 43.3 Å². The molecule has 1 amide bonds. The predicted octanol–water partition coefficient (Wildman–Crippen LogP) is 5.22. The molecule has 0 aliphatic carbocycles. The van der Waals surface area contributed by atoms with Crippen LogP contribution < -0.4 is 10.1 Å². The van der Waals surface area contributed by atoms with Gasteiger partial charge in [0.05, 0.1) is 6.04 Å². The number of ether oxygens (including phenoxy) is 1. The zero-order valence-electron chi connectivity index (χ0n) is 14.5. The number of furan rings is 1. The van der Waals surface area contributed by atoms with E-state index in [-0.39, 0.29) is 11.5 Å². The zero-order valence-corrected chi connectivity index (χ0v) is 14.5. The first-order valence-electron chi connectivity index (χ1n) is 8.34. The van der Waals surface area contributed by atoms with Crippen molar-refractivity contribution in [1.29, 1.82) is 0 Å². The third-order valence-corrected chi connectivity index (χ3v) is 4.27. The van der Waals surface area contributed by atoms with Crippen LogP contribution in [0.4, 0.5) is 8.78 Å². The lowest BCUT2D eigenvalue weighted by Gasteiger charge is -2.20.